The number of nitrogens with one attached hydrogen (secondary N) is 1. The summed E-state index contributed by atoms with van der Waals surface area (Å²) in [6.45, 7) is 0.287. The fourth-order valence-corrected chi connectivity index (χ4v) is 4.07. The molecule has 0 spiro atoms. The summed E-state index contributed by atoms with van der Waals surface area (Å²) in [5.74, 6) is 0.205. The third kappa shape index (κ3) is 4.02. The van der Waals surface area contributed by atoms with E-state index in [2.05, 4.69) is 9.97 Å². The highest BCUT2D eigenvalue weighted by Gasteiger charge is 2.17. The van der Waals surface area contributed by atoms with Gasteiger partial charge in [0.25, 0.3) is 5.43 Å². The lowest BCUT2D eigenvalue weighted by Gasteiger charge is -2.12. The Morgan fingerprint density at radius 3 is 2.37 bits per heavy atom. The van der Waals surface area contributed by atoms with Gasteiger partial charge in [-0.1, -0.05) is 72.8 Å². The third-order valence-corrected chi connectivity index (χ3v) is 5.84. The number of aromatic nitrogens is 4. The van der Waals surface area contributed by atoms with Crippen LogP contribution in [0, 0.1) is 0 Å². The fourth-order valence-electron chi connectivity index (χ4n) is 4.07. The van der Waals surface area contributed by atoms with Gasteiger partial charge in [-0.2, -0.15) is 0 Å². The van der Waals surface area contributed by atoms with Crippen LogP contribution in [0.5, 0.6) is 5.75 Å². The lowest BCUT2D eigenvalue weighted by atomic mass is 10.0. The second kappa shape index (κ2) is 8.83. The van der Waals surface area contributed by atoms with Gasteiger partial charge in [-0.15, -0.1) is 0 Å². The Labute approximate surface area is 200 Å². The number of aromatic amines is 1. The third-order valence-electron chi connectivity index (χ3n) is 5.84. The number of fused-ring (bicyclic) bond motifs is 2. The van der Waals surface area contributed by atoms with Crippen LogP contribution in [0.1, 0.15) is 5.56 Å². The Morgan fingerprint density at radius 1 is 0.771 bits per heavy atom. The highest BCUT2D eigenvalue weighted by molar-refractivity contribution is 5.89. The van der Waals surface area contributed by atoms with Crippen molar-refractivity contribution in [1.82, 2.24) is 19.9 Å². The van der Waals surface area contributed by atoms with Crippen LogP contribution in [0.15, 0.2) is 108 Å². The summed E-state index contributed by atoms with van der Waals surface area (Å²) in [5.41, 5.74) is 5.29. The molecule has 0 atom stereocenters. The monoisotopic (exact) mass is 456 g/mol. The Bertz CT molecular complexity index is 1710. The Balaban J connectivity index is 1.51. The van der Waals surface area contributed by atoms with Crippen molar-refractivity contribution in [1.29, 1.82) is 0 Å². The standard InChI is InChI=1S/C29H20N4O2/c34-28-24(35-18-19-8-3-1-4-9-19)17-31-29-27(28)32-26(25(33-29)20-10-5-2-6-11-20)22-13-14-23-21(16-22)12-7-15-30-23/h1-17H,18H2,(H,31,33,34). The van der Waals surface area contributed by atoms with Gasteiger partial charge in [-0.05, 0) is 23.8 Å². The van der Waals surface area contributed by atoms with Crippen molar-refractivity contribution in [3.8, 4) is 28.3 Å². The molecule has 6 heteroatoms. The average molecular weight is 457 g/mol. The zero-order valence-corrected chi connectivity index (χ0v) is 18.7. The largest absolute Gasteiger partial charge is 0.483 e. The highest BCUT2D eigenvalue weighted by Crippen LogP contribution is 2.31. The van der Waals surface area contributed by atoms with Gasteiger partial charge in [0.1, 0.15) is 6.61 Å². The maximum Gasteiger partial charge on any atom is 0.251 e. The molecule has 0 radical (unpaired) electrons. The molecule has 0 fully saturated rings. The van der Waals surface area contributed by atoms with Crippen LogP contribution in [-0.2, 0) is 6.61 Å². The van der Waals surface area contributed by atoms with Crippen LogP contribution in [0.3, 0.4) is 0 Å². The van der Waals surface area contributed by atoms with E-state index in [9.17, 15) is 4.79 Å². The molecule has 0 saturated carbocycles. The number of hydrogen-bond donors (Lipinski definition) is 1. The summed E-state index contributed by atoms with van der Waals surface area (Å²) in [5, 5.41) is 0.986. The molecule has 6 aromatic rings. The van der Waals surface area contributed by atoms with Crippen molar-refractivity contribution in [2.75, 3.05) is 0 Å². The zero-order chi connectivity index (χ0) is 23.6. The van der Waals surface area contributed by atoms with Crippen molar-refractivity contribution in [2.24, 2.45) is 0 Å². The van der Waals surface area contributed by atoms with Gasteiger partial charge in [-0.25, -0.2) is 9.97 Å². The molecule has 0 bridgehead atoms. The molecule has 0 saturated heterocycles. The van der Waals surface area contributed by atoms with Crippen molar-refractivity contribution in [3.05, 3.63) is 119 Å². The molecular weight excluding hydrogens is 436 g/mol. The number of nitrogens with zero attached hydrogens (tertiary/aromatic N) is 3. The number of pyridine rings is 2. The lowest BCUT2D eigenvalue weighted by Crippen LogP contribution is -2.12. The van der Waals surface area contributed by atoms with Gasteiger partial charge in [0.05, 0.1) is 16.9 Å². The molecule has 3 aromatic carbocycles. The summed E-state index contributed by atoms with van der Waals surface area (Å²) in [7, 11) is 0. The molecule has 6 rings (SSSR count). The van der Waals surface area contributed by atoms with Gasteiger partial charge in [-0.3, -0.25) is 9.78 Å². The molecular formula is C29H20N4O2. The minimum absolute atomic E-state index is 0.205. The summed E-state index contributed by atoms with van der Waals surface area (Å²) >= 11 is 0. The van der Waals surface area contributed by atoms with Crippen LogP contribution in [0.4, 0.5) is 0 Å². The smallest absolute Gasteiger partial charge is 0.251 e. The first kappa shape index (κ1) is 20.7. The van der Waals surface area contributed by atoms with Crippen LogP contribution >= 0.6 is 0 Å². The molecule has 0 aliphatic carbocycles. The molecule has 0 aliphatic heterocycles. The minimum Gasteiger partial charge on any atom is -0.483 e. The molecule has 3 heterocycles. The first-order chi connectivity index (χ1) is 17.3. The number of H-pyrrole nitrogens is 1. The van der Waals surface area contributed by atoms with Crippen LogP contribution in [0.2, 0.25) is 0 Å². The van der Waals surface area contributed by atoms with E-state index >= 15 is 0 Å². The van der Waals surface area contributed by atoms with E-state index in [-0.39, 0.29) is 23.3 Å². The number of benzene rings is 3. The highest BCUT2D eigenvalue weighted by atomic mass is 16.5. The van der Waals surface area contributed by atoms with Crippen molar-refractivity contribution >= 4 is 22.1 Å². The second-order valence-electron chi connectivity index (χ2n) is 8.15. The van der Waals surface area contributed by atoms with E-state index in [0.29, 0.717) is 17.0 Å². The quantitative estimate of drug-likeness (QED) is 0.356. The molecule has 168 valence electrons. The molecule has 0 amide bonds. The predicted molar refractivity (Wildman–Crippen MR) is 137 cm³/mol. The summed E-state index contributed by atoms with van der Waals surface area (Å²) in [6.07, 6.45) is 3.32. The normalized spacial score (nSPS) is 11.1. The molecule has 1 N–H and O–H groups in total. The minimum atomic E-state index is -0.300. The topological polar surface area (TPSA) is 80.8 Å². The first-order valence-electron chi connectivity index (χ1n) is 11.3. The predicted octanol–water partition coefficient (Wildman–Crippen LogP) is 5.78. The summed E-state index contributed by atoms with van der Waals surface area (Å²) in [4.78, 5) is 30.5. The van der Waals surface area contributed by atoms with Crippen LogP contribution < -0.4 is 10.2 Å². The van der Waals surface area contributed by atoms with Crippen LogP contribution in [-0.4, -0.2) is 19.9 Å². The molecule has 3 aromatic heterocycles. The van der Waals surface area contributed by atoms with E-state index < -0.39 is 0 Å². The van der Waals surface area contributed by atoms with Crippen molar-refractivity contribution in [3.63, 3.8) is 0 Å². The van der Waals surface area contributed by atoms with E-state index in [1.54, 1.807) is 12.4 Å². The van der Waals surface area contributed by atoms with Gasteiger partial charge < -0.3 is 9.72 Å². The summed E-state index contributed by atoms with van der Waals surface area (Å²) in [6, 6.07) is 29.4. The Morgan fingerprint density at radius 2 is 1.54 bits per heavy atom. The Hall–Kier alpha value is -4.84. The average Bonchev–Trinajstić information content (AvgIpc) is 2.93. The maximum absolute atomic E-state index is 13.3. The maximum atomic E-state index is 13.3. The number of rotatable bonds is 5. The molecule has 6 nitrogen and oxygen atoms in total. The Kier molecular flexibility index (Phi) is 5.24. The fraction of sp³-hybridized carbons (Fsp3) is 0.0345. The summed E-state index contributed by atoms with van der Waals surface area (Å²) < 4.78 is 5.83. The van der Waals surface area contributed by atoms with Crippen molar-refractivity contribution in [2.45, 2.75) is 6.61 Å². The molecule has 35 heavy (non-hydrogen) atoms. The van der Waals surface area contributed by atoms with Gasteiger partial charge in [0.15, 0.2) is 16.9 Å². The SMILES string of the molecule is O=c1c(OCc2ccccc2)c[nH]c2nc(-c3ccccc3)c(-c3ccc4ncccc4c3)nc12. The number of ether oxygens (including phenoxy) is 1. The van der Waals surface area contributed by atoms with Gasteiger partial charge in [0, 0.05) is 28.9 Å². The molecule has 0 aliphatic rings. The van der Waals surface area contributed by atoms with Crippen molar-refractivity contribution < 1.29 is 4.74 Å². The van der Waals surface area contributed by atoms with E-state index in [4.69, 9.17) is 14.7 Å². The lowest BCUT2D eigenvalue weighted by molar-refractivity contribution is 0.302. The second-order valence-corrected chi connectivity index (χ2v) is 8.15. The van der Waals surface area contributed by atoms with E-state index in [1.807, 2.05) is 91.0 Å². The van der Waals surface area contributed by atoms with E-state index in [1.165, 1.54) is 0 Å². The molecule has 0 unspecified atom stereocenters. The number of hydrogen-bond acceptors (Lipinski definition) is 5. The van der Waals surface area contributed by atoms with E-state index in [0.717, 1.165) is 27.6 Å². The van der Waals surface area contributed by atoms with Gasteiger partial charge in [0.2, 0.25) is 0 Å². The van der Waals surface area contributed by atoms with Gasteiger partial charge >= 0.3 is 0 Å². The zero-order valence-electron chi connectivity index (χ0n) is 18.7. The first-order valence-corrected chi connectivity index (χ1v) is 11.3. The van der Waals surface area contributed by atoms with Crippen LogP contribution in [0.25, 0.3) is 44.6 Å².